The van der Waals surface area contributed by atoms with Crippen LogP contribution in [0.15, 0.2) is 59.8 Å². The molecule has 9 nitrogen and oxygen atoms in total. The minimum absolute atomic E-state index is 0.00624. The van der Waals surface area contributed by atoms with Gasteiger partial charge in [-0.25, -0.2) is 35.5 Å². The van der Waals surface area contributed by atoms with E-state index in [0.717, 1.165) is 41.1 Å². The van der Waals surface area contributed by atoms with Gasteiger partial charge in [-0.3, -0.25) is 9.78 Å². The van der Waals surface area contributed by atoms with Gasteiger partial charge in [0.15, 0.2) is 28.2 Å². The van der Waals surface area contributed by atoms with Gasteiger partial charge in [0, 0.05) is 24.4 Å². The maximum Gasteiger partial charge on any atom is 0.416 e. The number of benzene rings is 3. The van der Waals surface area contributed by atoms with Crippen LogP contribution in [0.5, 0.6) is 5.75 Å². The molecule has 17 heteroatoms. The molecule has 2 N–H and O–H groups in total. The van der Waals surface area contributed by atoms with Crippen molar-refractivity contribution in [2.45, 2.75) is 69.0 Å². The number of amides is 1. The summed E-state index contributed by atoms with van der Waals surface area (Å²) >= 11 is 0. The zero-order chi connectivity index (χ0) is 39.9. The molecule has 54 heavy (non-hydrogen) atoms. The number of nitrogens with zero attached hydrogens (tertiary/aromatic N) is 2. The largest absolute Gasteiger partial charge is 0.495 e. The first-order valence-corrected chi connectivity index (χ1v) is 17.8. The Morgan fingerprint density at radius 2 is 1.61 bits per heavy atom. The average molecular weight is 782 g/mol. The molecule has 0 bridgehead atoms. The maximum atomic E-state index is 15.3. The number of anilines is 1. The van der Waals surface area contributed by atoms with E-state index in [1.54, 1.807) is 4.72 Å². The van der Waals surface area contributed by atoms with E-state index in [0.29, 0.717) is 23.7 Å². The van der Waals surface area contributed by atoms with Crippen molar-refractivity contribution < 1.29 is 58.6 Å². The zero-order valence-corrected chi connectivity index (χ0v) is 30.1. The number of aromatic nitrogens is 1. The number of carbonyl (C=O) groups excluding carboxylic acids is 1. The Morgan fingerprint density at radius 1 is 0.963 bits per heavy atom. The highest BCUT2D eigenvalue weighted by Crippen LogP contribution is 2.42. The Hall–Kier alpha value is -5.03. The van der Waals surface area contributed by atoms with Gasteiger partial charge in [-0.2, -0.15) is 13.2 Å². The number of hydrogen-bond donors (Lipinski definition) is 2. The molecule has 1 saturated carbocycles. The van der Waals surface area contributed by atoms with Gasteiger partial charge in [-0.1, -0.05) is 39.0 Å². The molecule has 3 aromatic carbocycles. The van der Waals surface area contributed by atoms with Crippen molar-refractivity contribution in [3.63, 3.8) is 0 Å². The van der Waals surface area contributed by atoms with Crippen LogP contribution in [0.25, 0.3) is 0 Å². The molecule has 0 atom stereocenters. The third-order valence-electron chi connectivity index (χ3n) is 8.86. The molecule has 1 aliphatic rings. The summed E-state index contributed by atoms with van der Waals surface area (Å²) in [7, 11) is -4.36. The summed E-state index contributed by atoms with van der Waals surface area (Å²) in [6.07, 6.45) is -3.11. The number of sulfonamides is 1. The van der Waals surface area contributed by atoms with Crippen LogP contribution in [0.1, 0.15) is 83.3 Å². The number of nitrogens with one attached hydrogen (secondary N) is 1. The highest BCUT2D eigenvalue weighted by molar-refractivity contribution is 7.89. The molecule has 0 saturated heterocycles. The molecular weight excluding hydrogens is 747 g/mol. The number of aromatic carboxylic acids is 1. The van der Waals surface area contributed by atoms with Crippen molar-refractivity contribution in [2.75, 3.05) is 18.6 Å². The Balaban J connectivity index is 1.50. The molecule has 0 aliphatic heterocycles. The fourth-order valence-electron chi connectivity index (χ4n) is 5.83. The first-order chi connectivity index (χ1) is 25.1. The number of rotatable bonds is 12. The van der Waals surface area contributed by atoms with Crippen LogP contribution in [0.3, 0.4) is 0 Å². The van der Waals surface area contributed by atoms with Gasteiger partial charge < -0.3 is 14.7 Å². The molecule has 1 aliphatic carbocycles. The molecule has 0 unspecified atom stereocenters. The van der Waals surface area contributed by atoms with Crippen molar-refractivity contribution in [3.8, 4) is 5.75 Å². The van der Waals surface area contributed by atoms with Crippen LogP contribution in [0.2, 0.25) is 0 Å². The maximum absolute atomic E-state index is 15.3. The summed E-state index contributed by atoms with van der Waals surface area (Å²) in [5.41, 5.74) is -1.74. The molecular formula is C37H34F7N3O6S. The minimum atomic E-state index is -5.57. The molecule has 1 amide bonds. The van der Waals surface area contributed by atoms with E-state index in [2.05, 4.69) is 11.1 Å². The number of methoxy groups -OCH3 is 1. The monoisotopic (exact) mass is 781 g/mol. The highest BCUT2D eigenvalue weighted by Gasteiger charge is 2.37. The van der Waals surface area contributed by atoms with Crippen LogP contribution in [0.4, 0.5) is 36.4 Å². The molecule has 288 valence electrons. The summed E-state index contributed by atoms with van der Waals surface area (Å²) in [6.45, 7) is 4.52. The van der Waals surface area contributed by atoms with Crippen LogP contribution in [-0.2, 0) is 39.4 Å². The molecule has 0 spiro atoms. The van der Waals surface area contributed by atoms with Gasteiger partial charge >= 0.3 is 12.1 Å². The first kappa shape index (κ1) is 40.2. The molecule has 1 fully saturated rings. The molecule has 1 heterocycles. The Morgan fingerprint density at radius 3 is 2.17 bits per heavy atom. The van der Waals surface area contributed by atoms with Gasteiger partial charge in [-0.05, 0) is 70.7 Å². The Kier molecular flexibility index (Phi) is 11.2. The molecule has 0 radical (unpaired) electrons. The van der Waals surface area contributed by atoms with E-state index in [4.69, 9.17) is 4.74 Å². The predicted molar refractivity (Wildman–Crippen MR) is 182 cm³/mol. The van der Waals surface area contributed by atoms with E-state index < -0.39 is 85.9 Å². The fraction of sp³-hybridized carbons (Fsp3) is 0.324. The number of hydrogen-bond acceptors (Lipinski definition) is 6. The van der Waals surface area contributed by atoms with Gasteiger partial charge in [0.2, 0.25) is 15.9 Å². The number of halogens is 7. The van der Waals surface area contributed by atoms with Crippen molar-refractivity contribution >= 4 is 27.6 Å². The lowest BCUT2D eigenvalue weighted by Crippen LogP contribution is -2.40. The lowest BCUT2D eigenvalue weighted by atomic mass is 9.84. The second-order valence-corrected chi connectivity index (χ2v) is 15.5. The molecule has 5 rings (SSSR count). The van der Waals surface area contributed by atoms with Gasteiger partial charge in [0.05, 0.1) is 37.0 Å². The second-order valence-electron chi connectivity index (χ2n) is 13.8. The number of carboxylic acids is 1. The SMILES string of the molecule is COc1cc(C(=O)O)ccc1N(Cc1cc(C2CC2)cc(C(C)(C)C)c1)C(=O)CNS(=O)(=O)c1c(F)c(F)c(Cc2cnccc2C(F)(F)F)c(F)c1F. The van der Waals surface area contributed by atoms with Crippen LogP contribution < -0.4 is 14.4 Å². The van der Waals surface area contributed by atoms with E-state index >= 15 is 17.6 Å². The van der Waals surface area contributed by atoms with Crippen LogP contribution in [-0.4, -0.2) is 44.0 Å². The van der Waals surface area contributed by atoms with Gasteiger partial charge in [0.1, 0.15) is 5.75 Å². The van der Waals surface area contributed by atoms with E-state index in [1.807, 2.05) is 32.9 Å². The molecule has 4 aromatic rings. The highest BCUT2D eigenvalue weighted by atomic mass is 32.2. The first-order valence-electron chi connectivity index (χ1n) is 16.3. The Bertz CT molecular complexity index is 2210. The van der Waals surface area contributed by atoms with Crippen LogP contribution in [0, 0.1) is 23.3 Å². The smallest absolute Gasteiger partial charge is 0.416 e. The standard InChI is InChI=1S/C37H34F7N3O6S/c1-36(2,3)24-12-19(11-22(13-24)20-5-6-20)18-47(27-8-7-21(35(49)50)15-28(27)53-4)29(48)17-46-54(51,52)34-32(40)30(38)25(31(39)33(34)41)14-23-16-45-10-9-26(23)37(42,43)44/h7-13,15-16,20,46H,5-6,14,17-18H2,1-4H3,(H,49,50). The quantitative estimate of drug-likeness (QED) is 0.112. The number of carboxylic acid groups (broad SMARTS) is 1. The number of pyridine rings is 1. The average Bonchev–Trinajstić information content (AvgIpc) is 3.96. The zero-order valence-electron chi connectivity index (χ0n) is 29.2. The second kappa shape index (κ2) is 15.0. The third kappa shape index (κ3) is 8.51. The van der Waals surface area contributed by atoms with E-state index in [-0.39, 0.29) is 29.0 Å². The van der Waals surface area contributed by atoms with Crippen LogP contribution >= 0.6 is 0 Å². The normalized spacial score (nSPS) is 13.5. The minimum Gasteiger partial charge on any atom is -0.495 e. The summed E-state index contributed by atoms with van der Waals surface area (Å²) in [5, 5.41) is 9.50. The lowest BCUT2D eigenvalue weighted by Gasteiger charge is -2.27. The van der Waals surface area contributed by atoms with Crippen molar-refractivity contribution in [1.82, 2.24) is 9.71 Å². The third-order valence-corrected chi connectivity index (χ3v) is 10.3. The number of ether oxygens (including phenoxy) is 1. The lowest BCUT2D eigenvalue weighted by molar-refractivity contribution is -0.138. The summed E-state index contributed by atoms with van der Waals surface area (Å²) in [6, 6.07) is 9.81. The van der Waals surface area contributed by atoms with Crippen molar-refractivity contribution in [2.24, 2.45) is 0 Å². The summed E-state index contributed by atoms with van der Waals surface area (Å²) in [5.74, 6) is -11.6. The van der Waals surface area contributed by atoms with Crippen molar-refractivity contribution in [3.05, 3.63) is 117 Å². The Labute approximate surface area is 305 Å². The topological polar surface area (TPSA) is 126 Å². The van der Waals surface area contributed by atoms with Crippen molar-refractivity contribution in [1.29, 1.82) is 0 Å². The van der Waals surface area contributed by atoms with Gasteiger partial charge in [0.25, 0.3) is 0 Å². The number of alkyl halides is 3. The number of carbonyl (C=O) groups is 2. The summed E-state index contributed by atoms with van der Waals surface area (Å²) in [4.78, 5) is 27.9. The van der Waals surface area contributed by atoms with Gasteiger partial charge in [-0.15, -0.1) is 0 Å². The summed E-state index contributed by atoms with van der Waals surface area (Å²) < 4.78 is 135. The molecule has 1 aromatic heterocycles. The predicted octanol–water partition coefficient (Wildman–Crippen LogP) is 7.64. The van der Waals surface area contributed by atoms with E-state index in [9.17, 15) is 36.3 Å². The fourth-order valence-corrected chi connectivity index (χ4v) is 6.94. The van der Waals surface area contributed by atoms with E-state index in [1.165, 1.54) is 19.2 Å².